The third kappa shape index (κ3) is 3.37. The van der Waals surface area contributed by atoms with Gasteiger partial charge >= 0.3 is 6.18 Å². The molecule has 2 aromatic rings. The number of rotatable bonds is 5. The van der Waals surface area contributed by atoms with Gasteiger partial charge in [0.1, 0.15) is 0 Å². The van der Waals surface area contributed by atoms with Gasteiger partial charge in [0.05, 0.1) is 11.6 Å². The normalized spacial score (nSPS) is 13.4. The lowest BCUT2D eigenvalue weighted by Gasteiger charge is -2.21. The standard InChI is InChI=1S/C14H15F3N2S/c1-2-6-19-13(12-4-3-8-20-12)10-9-18-7-5-11(10)14(15,16)17/h3-5,7-9,13,19H,2,6H2,1H3. The first-order valence-electron chi connectivity index (χ1n) is 6.32. The van der Waals surface area contributed by atoms with Crippen molar-refractivity contribution in [1.82, 2.24) is 10.3 Å². The van der Waals surface area contributed by atoms with Crippen LogP contribution in [0.5, 0.6) is 0 Å². The molecule has 0 aliphatic heterocycles. The van der Waals surface area contributed by atoms with Crippen molar-refractivity contribution in [1.29, 1.82) is 0 Å². The van der Waals surface area contributed by atoms with Crippen molar-refractivity contribution in [3.8, 4) is 0 Å². The van der Waals surface area contributed by atoms with Gasteiger partial charge in [-0.25, -0.2) is 0 Å². The van der Waals surface area contributed by atoms with Crippen LogP contribution in [0.15, 0.2) is 36.0 Å². The number of pyridine rings is 1. The summed E-state index contributed by atoms with van der Waals surface area (Å²) in [7, 11) is 0. The summed E-state index contributed by atoms with van der Waals surface area (Å²) in [6.45, 7) is 2.63. The predicted molar refractivity (Wildman–Crippen MR) is 73.7 cm³/mol. The van der Waals surface area contributed by atoms with E-state index in [9.17, 15) is 13.2 Å². The van der Waals surface area contributed by atoms with Gasteiger partial charge < -0.3 is 5.32 Å². The van der Waals surface area contributed by atoms with Crippen LogP contribution in [-0.2, 0) is 6.18 Å². The van der Waals surface area contributed by atoms with Crippen LogP contribution >= 0.6 is 11.3 Å². The molecule has 0 aliphatic carbocycles. The van der Waals surface area contributed by atoms with Crippen molar-refractivity contribution in [3.63, 3.8) is 0 Å². The Kier molecular flexibility index (Phi) is 4.77. The molecule has 0 spiro atoms. The van der Waals surface area contributed by atoms with E-state index in [4.69, 9.17) is 0 Å². The average molecular weight is 300 g/mol. The molecule has 1 N–H and O–H groups in total. The lowest BCUT2D eigenvalue weighted by molar-refractivity contribution is -0.138. The second kappa shape index (κ2) is 6.37. The zero-order valence-electron chi connectivity index (χ0n) is 10.9. The van der Waals surface area contributed by atoms with Crippen molar-refractivity contribution >= 4 is 11.3 Å². The van der Waals surface area contributed by atoms with Gasteiger partial charge in [0.2, 0.25) is 0 Å². The van der Waals surface area contributed by atoms with Gasteiger partial charge in [-0.3, -0.25) is 4.98 Å². The molecule has 2 rings (SSSR count). The number of nitrogens with one attached hydrogen (secondary N) is 1. The van der Waals surface area contributed by atoms with Gasteiger partial charge in [-0.15, -0.1) is 11.3 Å². The fourth-order valence-corrected chi connectivity index (χ4v) is 2.82. The summed E-state index contributed by atoms with van der Waals surface area (Å²) >= 11 is 1.44. The Morgan fingerprint density at radius 1 is 1.35 bits per heavy atom. The summed E-state index contributed by atoms with van der Waals surface area (Å²) in [5.41, 5.74) is -0.453. The molecule has 0 amide bonds. The highest BCUT2D eigenvalue weighted by Gasteiger charge is 2.35. The maximum atomic E-state index is 13.1. The first kappa shape index (κ1) is 15.0. The van der Waals surface area contributed by atoms with E-state index in [1.807, 2.05) is 24.4 Å². The number of alkyl halides is 3. The number of nitrogens with zero attached hydrogens (tertiary/aromatic N) is 1. The first-order chi connectivity index (χ1) is 9.54. The van der Waals surface area contributed by atoms with Crippen molar-refractivity contribution in [2.45, 2.75) is 25.6 Å². The Bertz CT molecular complexity index is 538. The summed E-state index contributed by atoms with van der Waals surface area (Å²) in [4.78, 5) is 4.72. The van der Waals surface area contributed by atoms with E-state index in [0.717, 1.165) is 17.4 Å². The molecule has 0 bridgehead atoms. The monoisotopic (exact) mass is 300 g/mol. The van der Waals surface area contributed by atoms with Crippen LogP contribution in [0.25, 0.3) is 0 Å². The molecule has 0 radical (unpaired) electrons. The van der Waals surface area contributed by atoms with Gasteiger partial charge in [0.25, 0.3) is 0 Å². The van der Waals surface area contributed by atoms with E-state index in [1.54, 1.807) is 0 Å². The van der Waals surface area contributed by atoms with E-state index in [1.165, 1.54) is 23.7 Å². The Morgan fingerprint density at radius 2 is 2.15 bits per heavy atom. The average Bonchev–Trinajstić information content (AvgIpc) is 2.92. The van der Waals surface area contributed by atoms with Gasteiger partial charge in [0, 0.05) is 22.8 Å². The van der Waals surface area contributed by atoms with Crippen molar-refractivity contribution in [2.24, 2.45) is 0 Å². The quantitative estimate of drug-likeness (QED) is 0.893. The smallest absolute Gasteiger partial charge is 0.306 e. The molecule has 0 saturated heterocycles. The number of aromatic nitrogens is 1. The molecule has 2 aromatic heterocycles. The molecule has 1 atom stereocenters. The molecular formula is C14H15F3N2S. The van der Waals surface area contributed by atoms with Crippen LogP contribution in [0.3, 0.4) is 0 Å². The Hall–Kier alpha value is -1.40. The van der Waals surface area contributed by atoms with Crippen molar-refractivity contribution in [3.05, 3.63) is 52.0 Å². The predicted octanol–water partition coefficient (Wildman–Crippen LogP) is 4.25. The number of thiophene rings is 1. The van der Waals surface area contributed by atoms with Crippen molar-refractivity contribution in [2.75, 3.05) is 6.54 Å². The second-order valence-corrected chi connectivity index (χ2v) is 5.34. The minimum atomic E-state index is -4.37. The summed E-state index contributed by atoms with van der Waals surface area (Å²) < 4.78 is 39.4. The van der Waals surface area contributed by atoms with Crippen LogP contribution in [-0.4, -0.2) is 11.5 Å². The summed E-state index contributed by atoms with van der Waals surface area (Å²) in [5.74, 6) is 0. The van der Waals surface area contributed by atoms with Crippen LogP contribution < -0.4 is 5.32 Å². The van der Waals surface area contributed by atoms with Crippen LogP contribution in [0.1, 0.15) is 35.4 Å². The number of hydrogen-bond donors (Lipinski definition) is 1. The molecular weight excluding hydrogens is 285 g/mol. The second-order valence-electron chi connectivity index (χ2n) is 4.36. The fraction of sp³-hybridized carbons (Fsp3) is 0.357. The molecule has 20 heavy (non-hydrogen) atoms. The molecule has 2 heterocycles. The summed E-state index contributed by atoms with van der Waals surface area (Å²) in [5, 5.41) is 5.03. The van der Waals surface area contributed by atoms with E-state index in [2.05, 4.69) is 10.3 Å². The van der Waals surface area contributed by atoms with Gasteiger partial charge in [-0.2, -0.15) is 13.2 Å². The van der Waals surface area contributed by atoms with E-state index < -0.39 is 17.8 Å². The molecule has 6 heteroatoms. The SMILES string of the molecule is CCCNC(c1cccs1)c1cnccc1C(F)(F)F. The molecule has 0 saturated carbocycles. The third-order valence-corrected chi connectivity index (χ3v) is 3.83. The fourth-order valence-electron chi connectivity index (χ4n) is 2.00. The minimum Gasteiger partial charge on any atom is -0.306 e. The molecule has 0 aromatic carbocycles. The molecule has 1 unspecified atom stereocenters. The number of hydrogen-bond acceptors (Lipinski definition) is 3. The molecule has 108 valence electrons. The highest BCUT2D eigenvalue weighted by Crippen LogP contribution is 2.36. The Morgan fingerprint density at radius 3 is 2.75 bits per heavy atom. The molecule has 0 fully saturated rings. The Balaban J connectivity index is 2.44. The van der Waals surface area contributed by atoms with Gasteiger partial charge in [0.15, 0.2) is 0 Å². The largest absolute Gasteiger partial charge is 0.416 e. The first-order valence-corrected chi connectivity index (χ1v) is 7.20. The van der Waals surface area contributed by atoms with Gasteiger partial charge in [-0.1, -0.05) is 13.0 Å². The highest BCUT2D eigenvalue weighted by atomic mass is 32.1. The van der Waals surface area contributed by atoms with E-state index >= 15 is 0 Å². The third-order valence-electron chi connectivity index (χ3n) is 2.89. The van der Waals surface area contributed by atoms with Crippen LogP contribution in [0.4, 0.5) is 13.2 Å². The number of halogens is 3. The zero-order chi connectivity index (χ0) is 14.6. The lowest BCUT2D eigenvalue weighted by atomic mass is 10.0. The molecule has 0 aliphatic rings. The minimum absolute atomic E-state index is 0.177. The maximum Gasteiger partial charge on any atom is 0.416 e. The van der Waals surface area contributed by atoms with Gasteiger partial charge in [-0.05, 0) is 30.5 Å². The summed E-state index contributed by atoms with van der Waals surface area (Å²) in [6.07, 6.45) is -1.04. The zero-order valence-corrected chi connectivity index (χ0v) is 11.8. The van der Waals surface area contributed by atoms with E-state index in [-0.39, 0.29) is 5.56 Å². The van der Waals surface area contributed by atoms with Crippen molar-refractivity contribution < 1.29 is 13.2 Å². The molecule has 2 nitrogen and oxygen atoms in total. The topological polar surface area (TPSA) is 24.9 Å². The summed E-state index contributed by atoms with van der Waals surface area (Å²) in [6, 6.07) is 4.24. The van der Waals surface area contributed by atoms with Crippen LogP contribution in [0, 0.1) is 0 Å². The maximum absolute atomic E-state index is 13.1. The lowest BCUT2D eigenvalue weighted by Crippen LogP contribution is -2.25. The Labute approximate surface area is 119 Å². The van der Waals surface area contributed by atoms with E-state index in [0.29, 0.717) is 6.54 Å². The highest BCUT2D eigenvalue weighted by molar-refractivity contribution is 7.10. The van der Waals surface area contributed by atoms with Crippen LogP contribution in [0.2, 0.25) is 0 Å².